The molecule has 0 unspecified atom stereocenters. The lowest BCUT2D eigenvalue weighted by atomic mass is 9.50. The van der Waals surface area contributed by atoms with Gasteiger partial charge in [-0.15, -0.1) is 0 Å². The Morgan fingerprint density at radius 3 is 2.85 bits per heavy atom. The maximum Gasteiger partial charge on any atom is 0.0522 e. The van der Waals surface area contributed by atoms with Crippen LogP contribution in [-0.4, -0.2) is 35.5 Å². The molecular formula is C22H37N3O. The van der Waals surface area contributed by atoms with Gasteiger partial charge in [0.2, 0.25) is 0 Å². The second-order valence-corrected chi connectivity index (χ2v) is 9.98. The van der Waals surface area contributed by atoms with E-state index in [1.807, 2.05) is 6.20 Å². The van der Waals surface area contributed by atoms with Gasteiger partial charge < -0.3 is 10.4 Å². The highest BCUT2D eigenvalue weighted by Crippen LogP contribution is 2.59. The molecule has 0 aliphatic heterocycles. The van der Waals surface area contributed by atoms with Gasteiger partial charge in [0.25, 0.3) is 0 Å². The highest BCUT2D eigenvalue weighted by atomic mass is 16.3. The van der Waals surface area contributed by atoms with E-state index < -0.39 is 0 Å². The van der Waals surface area contributed by atoms with Crippen molar-refractivity contribution in [2.24, 2.45) is 46.8 Å². The summed E-state index contributed by atoms with van der Waals surface area (Å²) in [5.41, 5.74) is 2.80. The summed E-state index contributed by atoms with van der Waals surface area (Å²) in [6.45, 7) is 8.87. The average Bonchev–Trinajstić information content (AvgIpc) is 3.22. The zero-order valence-electron chi connectivity index (χ0n) is 17.0. The third-order valence-corrected chi connectivity index (χ3v) is 8.73. The van der Waals surface area contributed by atoms with Gasteiger partial charge in [0, 0.05) is 12.3 Å². The van der Waals surface area contributed by atoms with Gasteiger partial charge in [-0.2, -0.15) is 5.10 Å². The molecule has 1 aromatic heterocycles. The Hall–Kier alpha value is -0.870. The van der Waals surface area contributed by atoms with Crippen LogP contribution < -0.4 is 5.32 Å². The number of aromatic nitrogens is 2. The van der Waals surface area contributed by atoms with Gasteiger partial charge in [-0.25, -0.2) is 0 Å². The Bertz CT molecular complexity index is 629. The molecule has 8 atom stereocenters. The van der Waals surface area contributed by atoms with E-state index in [0.717, 1.165) is 49.0 Å². The first kappa shape index (κ1) is 18.5. The SMILES string of the molecule is CNC[C@H]1[C@H]2CC[C@H](C)[C@@H]2[C@H](C)C[C@@H]1[C@@]1(C)Cc2cn[nH]c2C[C@@H]1CO. The molecule has 3 aliphatic carbocycles. The van der Waals surface area contributed by atoms with Crippen LogP contribution in [-0.2, 0) is 12.8 Å². The fraction of sp³-hybridized carbons (Fsp3) is 0.864. The number of hydrogen-bond donors (Lipinski definition) is 3. The number of hydrogen-bond acceptors (Lipinski definition) is 3. The molecule has 0 bridgehead atoms. The number of nitrogens with zero attached hydrogens (tertiary/aromatic N) is 1. The fourth-order valence-corrected chi connectivity index (χ4v) is 7.47. The molecule has 146 valence electrons. The van der Waals surface area contributed by atoms with E-state index in [9.17, 15) is 5.11 Å². The van der Waals surface area contributed by atoms with Crippen LogP contribution in [0.3, 0.4) is 0 Å². The van der Waals surface area contributed by atoms with Gasteiger partial charge in [0.1, 0.15) is 0 Å². The molecule has 1 aromatic rings. The topological polar surface area (TPSA) is 60.9 Å². The van der Waals surface area contributed by atoms with Gasteiger partial charge in [0.15, 0.2) is 0 Å². The van der Waals surface area contributed by atoms with Crippen LogP contribution in [0.25, 0.3) is 0 Å². The average molecular weight is 360 g/mol. The molecule has 2 saturated carbocycles. The zero-order valence-corrected chi connectivity index (χ0v) is 17.0. The smallest absolute Gasteiger partial charge is 0.0522 e. The minimum atomic E-state index is 0.165. The summed E-state index contributed by atoms with van der Waals surface area (Å²) < 4.78 is 0. The van der Waals surface area contributed by atoms with Crippen LogP contribution in [0.5, 0.6) is 0 Å². The second kappa shape index (κ2) is 6.94. The van der Waals surface area contributed by atoms with E-state index in [1.54, 1.807) is 0 Å². The number of fused-ring (bicyclic) bond motifs is 2. The van der Waals surface area contributed by atoms with Crippen LogP contribution in [0.1, 0.15) is 51.3 Å². The Balaban J connectivity index is 1.69. The van der Waals surface area contributed by atoms with Crippen LogP contribution in [0.15, 0.2) is 6.20 Å². The highest BCUT2D eigenvalue weighted by Gasteiger charge is 2.55. The third-order valence-electron chi connectivity index (χ3n) is 8.73. The third kappa shape index (κ3) is 2.75. The molecule has 4 heteroatoms. The fourth-order valence-electron chi connectivity index (χ4n) is 7.47. The van der Waals surface area contributed by atoms with E-state index in [0.29, 0.717) is 11.8 Å². The van der Waals surface area contributed by atoms with Gasteiger partial charge in [-0.1, -0.05) is 27.2 Å². The quantitative estimate of drug-likeness (QED) is 0.773. The van der Waals surface area contributed by atoms with Crippen molar-refractivity contribution in [2.75, 3.05) is 20.2 Å². The second-order valence-electron chi connectivity index (χ2n) is 9.98. The number of rotatable bonds is 4. The first-order valence-electron chi connectivity index (χ1n) is 10.8. The van der Waals surface area contributed by atoms with Crippen molar-refractivity contribution in [3.63, 3.8) is 0 Å². The molecule has 3 N–H and O–H groups in total. The first-order valence-corrected chi connectivity index (χ1v) is 10.8. The Kier molecular flexibility index (Phi) is 4.94. The molecule has 4 rings (SSSR count). The summed E-state index contributed by atoms with van der Waals surface area (Å²) >= 11 is 0. The van der Waals surface area contributed by atoms with Crippen LogP contribution >= 0.6 is 0 Å². The minimum Gasteiger partial charge on any atom is -0.396 e. The monoisotopic (exact) mass is 359 g/mol. The molecule has 2 fully saturated rings. The molecule has 0 aromatic carbocycles. The van der Waals surface area contributed by atoms with Crippen molar-refractivity contribution in [1.29, 1.82) is 0 Å². The molecule has 0 saturated heterocycles. The summed E-state index contributed by atoms with van der Waals surface area (Å²) in [6.07, 6.45) is 8.16. The van der Waals surface area contributed by atoms with Gasteiger partial charge in [-0.3, -0.25) is 5.10 Å². The lowest BCUT2D eigenvalue weighted by Gasteiger charge is -2.55. The van der Waals surface area contributed by atoms with Crippen LogP contribution in [0.2, 0.25) is 0 Å². The lowest BCUT2D eigenvalue weighted by Crippen LogP contribution is -2.53. The van der Waals surface area contributed by atoms with Crippen LogP contribution in [0, 0.1) is 46.8 Å². The first-order chi connectivity index (χ1) is 12.5. The van der Waals surface area contributed by atoms with E-state index in [-0.39, 0.29) is 12.0 Å². The van der Waals surface area contributed by atoms with Crippen LogP contribution in [0.4, 0.5) is 0 Å². The Labute approximate surface area is 158 Å². The predicted octanol–water partition coefficient (Wildman–Crippen LogP) is 3.28. The molecule has 0 amide bonds. The van der Waals surface area contributed by atoms with Crippen molar-refractivity contribution in [3.8, 4) is 0 Å². The van der Waals surface area contributed by atoms with Crippen molar-refractivity contribution in [2.45, 2.75) is 52.9 Å². The van der Waals surface area contributed by atoms with Crippen molar-refractivity contribution >= 4 is 0 Å². The van der Waals surface area contributed by atoms with Crippen molar-refractivity contribution in [1.82, 2.24) is 15.5 Å². The Morgan fingerprint density at radius 1 is 1.31 bits per heavy atom. The number of aliphatic hydroxyl groups excluding tert-OH is 1. The van der Waals surface area contributed by atoms with Gasteiger partial charge in [-0.05, 0) is 91.7 Å². The van der Waals surface area contributed by atoms with Gasteiger partial charge in [0.05, 0.1) is 6.20 Å². The molecule has 3 aliphatic rings. The predicted molar refractivity (Wildman–Crippen MR) is 105 cm³/mol. The number of aliphatic hydroxyl groups is 1. The maximum atomic E-state index is 10.3. The lowest BCUT2D eigenvalue weighted by molar-refractivity contribution is -0.0625. The molecule has 26 heavy (non-hydrogen) atoms. The maximum absolute atomic E-state index is 10.3. The number of nitrogens with one attached hydrogen (secondary N) is 2. The molecule has 4 nitrogen and oxygen atoms in total. The summed E-state index contributed by atoms with van der Waals surface area (Å²) in [6, 6.07) is 0. The summed E-state index contributed by atoms with van der Waals surface area (Å²) in [5.74, 6) is 5.18. The summed E-state index contributed by atoms with van der Waals surface area (Å²) in [4.78, 5) is 0. The molecule has 0 spiro atoms. The summed E-state index contributed by atoms with van der Waals surface area (Å²) in [7, 11) is 2.11. The minimum absolute atomic E-state index is 0.165. The van der Waals surface area contributed by atoms with E-state index in [4.69, 9.17) is 0 Å². The largest absolute Gasteiger partial charge is 0.396 e. The zero-order chi connectivity index (χ0) is 18.5. The normalized spacial score (nSPS) is 45.3. The molecule has 0 radical (unpaired) electrons. The number of H-pyrrole nitrogens is 1. The van der Waals surface area contributed by atoms with E-state index in [1.165, 1.54) is 30.5 Å². The highest BCUT2D eigenvalue weighted by molar-refractivity contribution is 5.24. The van der Waals surface area contributed by atoms with Gasteiger partial charge >= 0.3 is 0 Å². The van der Waals surface area contributed by atoms with E-state index in [2.05, 4.69) is 43.3 Å². The van der Waals surface area contributed by atoms with E-state index >= 15 is 0 Å². The Morgan fingerprint density at radius 2 is 2.12 bits per heavy atom. The van der Waals surface area contributed by atoms with Crippen molar-refractivity contribution < 1.29 is 5.11 Å². The molecule has 1 heterocycles. The number of aromatic amines is 1. The summed E-state index contributed by atoms with van der Waals surface area (Å²) in [5, 5.41) is 21.3. The standard InChI is InChI=1S/C22H37N3O/c1-13-5-6-17-18(11-23-4)19(7-14(2)21(13)17)22(3)9-15-10-24-25-20(15)8-16(22)12-26/h10,13-14,16-19,21,23,26H,5-9,11-12H2,1-4H3,(H,24,25)/t13-,14+,16+,17+,18-,19-,21+,22-/m0/s1. The van der Waals surface area contributed by atoms with Crippen molar-refractivity contribution in [3.05, 3.63) is 17.5 Å². The molecular weight excluding hydrogens is 322 g/mol.